The number of amides is 1. The number of fused-ring (bicyclic) bond motifs is 1. The standard InChI is InChI=1S/C13H18N2O/c1-14(2)9-10-8-13(16)15(3)12-7-5-4-6-11(10)12/h4-7,10H,8-9H2,1-3H3. The highest BCUT2D eigenvalue weighted by molar-refractivity contribution is 5.96. The van der Waals surface area contributed by atoms with Crippen LogP contribution in [0.5, 0.6) is 0 Å². The third-order valence-corrected chi connectivity index (χ3v) is 3.12. The van der Waals surface area contributed by atoms with Crippen LogP contribution < -0.4 is 4.90 Å². The molecule has 0 saturated carbocycles. The first kappa shape index (κ1) is 11.1. The lowest BCUT2D eigenvalue weighted by atomic mass is 9.89. The second kappa shape index (κ2) is 4.26. The van der Waals surface area contributed by atoms with E-state index in [2.05, 4.69) is 11.0 Å². The molecule has 2 rings (SSSR count). The Morgan fingerprint density at radius 3 is 2.75 bits per heavy atom. The molecule has 1 aromatic rings. The van der Waals surface area contributed by atoms with Crippen molar-refractivity contribution in [2.24, 2.45) is 0 Å². The highest BCUT2D eigenvalue weighted by atomic mass is 16.2. The van der Waals surface area contributed by atoms with Gasteiger partial charge in [-0.05, 0) is 25.7 Å². The van der Waals surface area contributed by atoms with Crippen molar-refractivity contribution in [3.05, 3.63) is 29.8 Å². The fraction of sp³-hybridized carbons (Fsp3) is 0.462. The minimum atomic E-state index is 0.213. The number of rotatable bonds is 2. The van der Waals surface area contributed by atoms with Crippen molar-refractivity contribution < 1.29 is 4.79 Å². The molecule has 1 heterocycles. The molecule has 0 fully saturated rings. The molecule has 0 bridgehead atoms. The Labute approximate surface area is 96.7 Å². The van der Waals surface area contributed by atoms with Crippen molar-refractivity contribution in [3.8, 4) is 0 Å². The van der Waals surface area contributed by atoms with Gasteiger partial charge in [0.15, 0.2) is 0 Å². The van der Waals surface area contributed by atoms with Gasteiger partial charge in [-0.25, -0.2) is 0 Å². The van der Waals surface area contributed by atoms with E-state index >= 15 is 0 Å². The molecular weight excluding hydrogens is 200 g/mol. The predicted octanol–water partition coefficient (Wildman–Crippen LogP) is 1.70. The molecule has 0 spiro atoms. The Morgan fingerprint density at radius 2 is 2.06 bits per heavy atom. The van der Waals surface area contributed by atoms with Gasteiger partial charge in [0.2, 0.25) is 5.91 Å². The van der Waals surface area contributed by atoms with E-state index in [4.69, 9.17) is 0 Å². The zero-order valence-corrected chi connectivity index (χ0v) is 10.1. The van der Waals surface area contributed by atoms with Crippen LogP contribution in [0.25, 0.3) is 0 Å². The minimum Gasteiger partial charge on any atom is -0.315 e. The molecule has 86 valence electrons. The number of anilines is 1. The summed E-state index contributed by atoms with van der Waals surface area (Å²) in [4.78, 5) is 15.8. The molecule has 1 atom stereocenters. The lowest BCUT2D eigenvalue weighted by Gasteiger charge is -2.32. The summed E-state index contributed by atoms with van der Waals surface area (Å²) in [5.74, 6) is 0.542. The molecule has 16 heavy (non-hydrogen) atoms. The number of para-hydroxylation sites is 1. The van der Waals surface area contributed by atoms with Crippen LogP contribution in [-0.4, -0.2) is 38.5 Å². The highest BCUT2D eigenvalue weighted by Crippen LogP contribution is 2.34. The first-order valence-electron chi connectivity index (χ1n) is 5.60. The molecule has 0 aliphatic carbocycles. The molecule has 0 saturated heterocycles. The van der Waals surface area contributed by atoms with Crippen LogP contribution >= 0.6 is 0 Å². The Kier molecular flexibility index (Phi) is 2.97. The number of benzene rings is 1. The number of hydrogen-bond donors (Lipinski definition) is 0. The van der Waals surface area contributed by atoms with Crippen molar-refractivity contribution in [3.63, 3.8) is 0 Å². The second-order valence-corrected chi connectivity index (χ2v) is 4.67. The van der Waals surface area contributed by atoms with E-state index in [1.807, 2.05) is 39.3 Å². The Hall–Kier alpha value is -1.35. The fourth-order valence-electron chi connectivity index (χ4n) is 2.33. The van der Waals surface area contributed by atoms with Gasteiger partial charge in [-0.3, -0.25) is 4.79 Å². The number of likely N-dealkylation sites (N-methyl/N-ethyl adjacent to an activating group) is 1. The van der Waals surface area contributed by atoms with Crippen LogP contribution in [0.1, 0.15) is 17.9 Å². The lowest BCUT2D eigenvalue weighted by Crippen LogP contribution is -2.36. The minimum absolute atomic E-state index is 0.213. The summed E-state index contributed by atoms with van der Waals surface area (Å²) in [7, 11) is 5.95. The molecule has 3 heteroatoms. The van der Waals surface area contributed by atoms with E-state index in [1.54, 1.807) is 4.90 Å². The van der Waals surface area contributed by atoms with E-state index in [0.717, 1.165) is 12.2 Å². The van der Waals surface area contributed by atoms with Crippen LogP contribution in [-0.2, 0) is 4.79 Å². The number of carbonyl (C=O) groups is 1. The highest BCUT2D eigenvalue weighted by Gasteiger charge is 2.28. The first-order chi connectivity index (χ1) is 7.59. The van der Waals surface area contributed by atoms with Gasteiger partial charge >= 0.3 is 0 Å². The normalized spacial score (nSPS) is 20.1. The average Bonchev–Trinajstić information content (AvgIpc) is 2.25. The van der Waals surface area contributed by atoms with Crippen molar-refractivity contribution in [2.45, 2.75) is 12.3 Å². The Bertz CT molecular complexity index is 401. The van der Waals surface area contributed by atoms with Gasteiger partial charge in [-0.15, -0.1) is 0 Å². The largest absolute Gasteiger partial charge is 0.315 e. The number of carbonyl (C=O) groups excluding carboxylic acids is 1. The Balaban J connectivity index is 2.37. The van der Waals surface area contributed by atoms with Crippen LogP contribution in [0.15, 0.2) is 24.3 Å². The molecule has 1 amide bonds. The monoisotopic (exact) mass is 218 g/mol. The van der Waals surface area contributed by atoms with E-state index in [-0.39, 0.29) is 5.91 Å². The first-order valence-corrected chi connectivity index (χ1v) is 5.60. The third kappa shape index (κ3) is 1.95. The summed E-state index contributed by atoms with van der Waals surface area (Å²) in [6, 6.07) is 8.19. The Morgan fingerprint density at radius 1 is 1.38 bits per heavy atom. The van der Waals surface area contributed by atoms with Crippen molar-refractivity contribution in [1.82, 2.24) is 4.90 Å². The van der Waals surface area contributed by atoms with E-state index < -0.39 is 0 Å². The van der Waals surface area contributed by atoms with E-state index in [1.165, 1.54) is 5.56 Å². The van der Waals surface area contributed by atoms with E-state index in [9.17, 15) is 4.79 Å². The predicted molar refractivity (Wildman–Crippen MR) is 65.8 cm³/mol. The smallest absolute Gasteiger partial charge is 0.227 e. The fourth-order valence-corrected chi connectivity index (χ4v) is 2.33. The van der Waals surface area contributed by atoms with Crippen LogP contribution in [0, 0.1) is 0 Å². The number of hydrogen-bond acceptors (Lipinski definition) is 2. The summed E-state index contributed by atoms with van der Waals surface area (Å²) in [6.07, 6.45) is 0.617. The zero-order valence-electron chi connectivity index (χ0n) is 10.1. The second-order valence-electron chi connectivity index (χ2n) is 4.67. The van der Waals surface area contributed by atoms with Crippen LogP contribution in [0.4, 0.5) is 5.69 Å². The molecule has 3 nitrogen and oxygen atoms in total. The van der Waals surface area contributed by atoms with Gasteiger partial charge in [0.05, 0.1) is 0 Å². The van der Waals surface area contributed by atoms with Crippen LogP contribution in [0.3, 0.4) is 0 Å². The van der Waals surface area contributed by atoms with Gasteiger partial charge in [-0.2, -0.15) is 0 Å². The molecule has 1 aromatic carbocycles. The van der Waals surface area contributed by atoms with Gasteiger partial charge in [0, 0.05) is 31.6 Å². The summed E-state index contributed by atoms with van der Waals surface area (Å²) >= 11 is 0. The summed E-state index contributed by atoms with van der Waals surface area (Å²) in [5.41, 5.74) is 2.35. The molecule has 1 aliphatic rings. The maximum Gasteiger partial charge on any atom is 0.227 e. The molecule has 0 N–H and O–H groups in total. The van der Waals surface area contributed by atoms with Gasteiger partial charge < -0.3 is 9.80 Å². The molecule has 1 aliphatic heterocycles. The maximum atomic E-state index is 11.9. The van der Waals surface area contributed by atoms with Crippen LogP contribution in [0.2, 0.25) is 0 Å². The topological polar surface area (TPSA) is 23.6 Å². The van der Waals surface area contributed by atoms with Gasteiger partial charge in [0.1, 0.15) is 0 Å². The van der Waals surface area contributed by atoms with Crippen molar-refractivity contribution in [2.75, 3.05) is 32.6 Å². The summed E-state index contributed by atoms with van der Waals surface area (Å²) < 4.78 is 0. The summed E-state index contributed by atoms with van der Waals surface area (Å²) in [6.45, 7) is 0.927. The quantitative estimate of drug-likeness (QED) is 0.754. The molecule has 1 unspecified atom stereocenters. The maximum absolute atomic E-state index is 11.9. The average molecular weight is 218 g/mol. The molecular formula is C13H18N2O. The van der Waals surface area contributed by atoms with Crippen molar-refractivity contribution >= 4 is 11.6 Å². The van der Waals surface area contributed by atoms with Gasteiger partial charge in [-0.1, -0.05) is 18.2 Å². The zero-order chi connectivity index (χ0) is 11.7. The summed E-state index contributed by atoms with van der Waals surface area (Å²) in [5, 5.41) is 0. The van der Waals surface area contributed by atoms with E-state index in [0.29, 0.717) is 12.3 Å². The molecule has 0 radical (unpaired) electrons. The SMILES string of the molecule is CN(C)CC1CC(=O)N(C)c2ccccc21. The van der Waals surface area contributed by atoms with Crippen molar-refractivity contribution in [1.29, 1.82) is 0 Å². The van der Waals surface area contributed by atoms with Gasteiger partial charge in [0.25, 0.3) is 0 Å². The third-order valence-electron chi connectivity index (χ3n) is 3.12. The lowest BCUT2D eigenvalue weighted by molar-refractivity contribution is -0.119. The number of nitrogens with zero attached hydrogens (tertiary/aromatic N) is 2. The molecule has 0 aromatic heterocycles.